The van der Waals surface area contributed by atoms with Crippen LogP contribution in [0.4, 0.5) is 0 Å². The largest absolute Gasteiger partial charge is 0.336 e. The van der Waals surface area contributed by atoms with Crippen LogP contribution in [-0.4, -0.2) is 36.5 Å². The van der Waals surface area contributed by atoms with Gasteiger partial charge >= 0.3 is 0 Å². The van der Waals surface area contributed by atoms with E-state index in [-0.39, 0.29) is 5.91 Å². The fourth-order valence-corrected chi connectivity index (χ4v) is 3.37. The Morgan fingerprint density at radius 1 is 1.47 bits per heavy atom. The Labute approximate surface area is 128 Å². The van der Waals surface area contributed by atoms with Crippen molar-refractivity contribution in [1.29, 1.82) is 0 Å². The molecule has 1 aromatic rings. The van der Waals surface area contributed by atoms with Crippen LogP contribution in [0.5, 0.6) is 0 Å². The van der Waals surface area contributed by atoms with Gasteiger partial charge in [0.25, 0.3) is 5.91 Å². The van der Waals surface area contributed by atoms with Crippen molar-refractivity contribution in [3.63, 3.8) is 0 Å². The van der Waals surface area contributed by atoms with Gasteiger partial charge in [0.15, 0.2) is 0 Å². The highest BCUT2D eigenvalue weighted by Crippen LogP contribution is 2.23. The maximum absolute atomic E-state index is 12.6. The van der Waals surface area contributed by atoms with Crippen molar-refractivity contribution in [2.24, 2.45) is 0 Å². The predicted octanol–water partition coefficient (Wildman–Crippen LogP) is 2.95. The molecule has 5 heteroatoms. The van der Waals surface area contributed by atoms with Gasteiger partial charge in [0, 0.05) is 22.0 Å². The Hall–Kier alpha value is -0.520. The lowest BCUT2D eigenvalue weighted by Crippen LogP contribution is -2.46. The Morgan fingerprint density at radius 2 is 2.16 bits per heavy atom. The summed E-state index contributed by atoms with van der Waals surface area (Å²) in [6.07, 6.45) is 2.05. The molecule has 0 aliphatic carbocycles. The lowest BCUT2D eigenvalue weighted by molar-refractivity contribution is 0.0652. The predicted molar refractivity (Wildman–Crippen MR) is 84.0 cm³/mol. The number of halogens is 1. The summed E-state index contributed by atoms with van der Waals surface area (Å²) in [7, 11) is 0. The number of carbonyl (C=O) groups excluding carboxylic acids is 1. The Bertz CT molecular complexity index is 461. The van der Waals surface area contributed by atoms with Gasteiger partial charge in [-0.15, -0.1) is 12.6 Å². The van der Waals surface area contributed by atoms with Crippen LogP contribution in [0.1, 0.15) is 30.1 Å². The van der Waals surface area contributed by atoms with E-state index in [4.69, 9.17) is 0 Å². The first-order valence-corrected chi connectivity index (χ1v) is 7.87. The van der Waals surface area contributed by atoms with E-state index in [0.717, 1.165) is 41.8 Å². The first-order chi connectivity index (χ1) is 9.13. The maximum Gasteiger partial charge on any atom is 0.255 e. The maximum atomic E-state index is 12.6. The minimum absolute atomic E-state index is 0.0897. The standard InChI is InChI=1S/C14H19BrN2OS/c1-2-17(11-5-7-16-8-6-11)14(18)12-4-3-10(15)9-13(12)19/h3-4,9,11,16,19H,2,5-8H2,1H3. The number of rotatable bonds is 3. The average Bonchev–Trinajstić information content (AvgIpc) is 2.40. The van der Waals surface area contributed by atoms with E-state index in [0.29, 0.717) is 11.6 Å². The number of thiol groups is 1. The van der Waals surface area contributed by atoms with Gasteiger partial charge in [-0.3, -0.25) is 4.79 Å². The zero-order chi connectivity index (χ0) is 13.8. The number of hydrogen-bond acceptors (Lipinski definition) is 3. The van der Waals surface area contributed by atoms with Crippen LogP contribution in [0, 0.1) is 0 Å². The molecule has 0 atom stereocenters. The highest BCUT2D eigenvalue weighted by molar-refractivity contribution is 9.10. The molecule has 1 amide bonds. The molecule has 104 valence electrons. The van der Waals surface area contributed by atoms with Gasteiger partial charge < -0.3 is 10.2 Å². The van der Waals surface area contributed by atoms with Crippen LogP contribution in [0.15, 0.2) is 27.6 Å². The topological polar surface area (TPSA) is 32.3 Å². The van der Waals surface area contributed by atoms with E-state index < -0.39 is 0 Å². The van der Waals surface area contributed by atoms with E-state index in [1.807, 2.05) is 30.0 Å². The molecule has 0 spiro atoms. The first kappa shape index (κ1) is 14.9. The summed E-state index contributed by atoms with van der Waals surface area (Å²) in [6, 6.07) is 5.95. The lowest BCUT2D eigenvalue weighted by atomic mass is 10.0. The van der Waals surface area contributed by atoms with Crippen LogP contribution in [0.25, 0.3) is 0 Å². The summed E-state index contributed by atoms with van der Waals surface area (Å²) in [5.74, 6) is 0.0897. The molecule has 0 bridgehead atoms. The van der Waals surface area contributed by atoms with E-state index in [1.165, 1.54) is 0 Å². The number of hydrogen-bond donors (Lipinski definition) is 2. The van der Waals surface area contributed by atoms with Crippen LogP contribution in [0.2, 0.25) is 0 Å². The second kappa shape index (κ2) is 6.77. The normalized spacial score (nSPS) is 16.4. The molecular weight excluding hydrogens is 324 g/mol. The summed E-state index contributed by atoms with van der Waals surface area (Å²) in [4.78, 5) is 15.4. The molecule has 0 unspecified atom stereocenters. The number of piperidine rings is 1. The average molecular weight is 343 g/mol. The van der Waals surface area contributed by atoms with Gasteiger partial charge in [0.05, 0.1) is 5.56 Å². The highest BCUT2D eigenvalue weighted by atomic mass is 79.9. The molecule has 3 nitrogen and oxygen atoms in total. The van der Waals surface area contributed by atoms with E-state index in [1.54, 1.807) is 0 Å². The molecule has 1 aliphatic heterocycles. The molecule has 1 heterocycles. The Morgan fingerprint density at radius 3 is 2.74 bits per heavy atom. The fourth-order valence-electron chi connectivity index (χ4n) is 2.53. The molecule has 1 fully saturated rings. The fraction of sp³-hybridized carbons (Fsp3) is 0.500. The number of nitrogens with zero attached hydrogens (tertiary/aromatic N) is 1. The molecule has 0 aromatic heterocycles. The van der Waals surface area contributed by atoms with E-state index in [2.05, 4.69) is 33.9 Å². The van der Waals surface area contributed by atoms with E-state index in [9.17, 15) is 4.79 Å². The van der Waals surface area contributed by atoms with Crippen LogP contribution in [-0.2, 0) is 0 Å². The SMILES string of the molecule is CCN(C(=O)c1ccc(Br)cc1S)C1CCNCC1. The Kier molecular flexibility index (Phi) is 5.30. The van der Waals surface area contributed by atoms with Crippen LogP contribution >= 0.6 is 28.6 Å². The van der Waals surface area contributed by atoms with Gasteiger partial charge in [-0.05, 0) is 51.1 Å². The Balaban J connectivity index is 2.19. The second-order valence-electron chi connectivity index (χ2n) is 4.73. The summed E-state index contributed by atoms with van der Waals surface area (Å²) in [6.45, 7) is 4.76. The van der Waals surface area contributed by atoms with Gasteiger partial charge in [0.2, 0.25) is 0 Å². The van der Waals surface area contributed by atoms with Crippen molar-refractivity contribution >= 4 is 34.5 Å². The number of amides is 1. The summed E-state index contributed by atoms with van der Waals surface area (Å²) in [5.41, 5.74) is 0.687. The molecule has 1 aliphatic rings. The molecule has 1 aromatic carbocycles. The van der Waals surface area contributed by atoms with Gasteiger partial charge in [-0.25, -0.2) is 0 Å². The molecule has 19 heavy (non-hydrogen) atoms. The highest BCUT2D eigenvalue weighted by Gasteiger charge is 2.25. The molecule has 0 saturated carbocycles. The van der Waals surface area contributed by atoms with Crippen molar-refractivity contribution in [1.82, 2.24) is 10.2 Å². The third-order valence-electron chi connectivity index (χ3n) is 3.54. The third-order valence-corrected chi connectivity index (χ3v) is 4.40. The summed E-state index contributed by atoms with van der Waals surface area (Å²) in [5, 5.41) is 3.33. The summed E-state index contributed by atoms with van der Waals surface area (Å²) >= 11 is 7.81. The first-order valence-electron chi connectivity index (χ1n) is 6.63. The molecular formula is C14H19BrN2OS. The third kappa shape index (κ3) is 3.52. The smallest absolute Gasteiger partial charge is 0.255 e. The van der Waals surface area contributed by atoms with Gasteiger partial charge in [0.1, 0.15) is 0 Å². The van der Waals surface area contributed by atoms with Crippen LogP contribution in [0.3, 0.4) is 0 Å². The van der Waals surface area contributed by atoms with Gasteiger partial charge in [-0.1, -0.05) is 15.9 Å². The number of nitrogens with one attached hydrogen (secondary N) is 1. The zero-order valence-electron chi connectivity index (χ0n) is 11.0. The molecule has 1 saturated heterocycles. The lowest BCUT2D eigenvalue weighted by Gasteiger charge is -2.34. The van der Waals surface area contributed by atoms with E-state index >= 15 is 0 Å². The molecule has 1 N–H and O–H groups in total. The monoisotopic (exact) mass is 342 g/mol. The van der Waals surface area contributed by atoms with Gasteiger partial charge in [-0.2, -0.15) is 0 Å². The minimum Gasteiger partial charge on any atom is -0.336 e. The van der Waals surface area contributed by atoms with Crippen molar-refractivity contribution in [3.8, 4) is 0 Å². The number of carbonyl (C=O) groups is 1. The van der Waals surface area contributed by atoms with Crippen molar-refractivity contribution in [3.05, 3.63) is 28.2 Å². The zero-order valence-corrected chi connectivity index (χ0v) is 13.5. The van der Waals surface area contributed by atoms with Crippen LogP contribution < -0.4 is 5.32 Å². The minimum atomic E-state index is 0.0897. The number of benzene rings is 1. The van der Waals surface area contributed by atoms with Crippen molar-refractivity contribution in [2.75, 3.05) is 19.6 Å². The molecule has 0 radical (unpaired) electrons. The quantitative estimate of drug-likeness (QED) is 0.827. The van der Waals surface area contributed by atoms with Crippen molar-refractivity contribution < 1.29 is 4.79 Å². The summed E-state index contributed by atoms with van der Waals surface area (Å²) < 4.78 is 0.943. The molecule has 2 rings (SSSR count). The second-order valence-corrected chi connectivity index (χ2v) is 6.13. The van der Waals surface area contributed by atoms with Crippen molar-refractivity contribution in [2.45, 2.75) is 30.7 Å².